The van der Waals surface area contributed by atoms with E-state index in [1.807, 2.05) is 13.0 Å². The van der Waals surface area contributed by atoms with Crippen molar-refractivity contribution in [3.63, 3.8) is 0 Å². The number of allylic oxidation sites excluding steroid dienone is 1. The zero-order valence-corrected chi connectivity index (χ0v) is 19.6. The van der Waals surface area contributed by atoms with E-state index in [2.05, 4.69) is 0 Å². The smallest absolute Gasteiger partial charge is 0.343 e. The first-order chi connectivity index (χ1) is 16.4. The zero-order valence-electron chi connectivity index (χ0n) is 19.6. The predicted molar refractivity (Wildman–Crippen MR) is 126 cm³/mol. The summed E-state index contributed by atoms with van der Waals surface area (Å²) in [5.41, 5.74) is 2.92. The minimum atomic E-state index is -0.484. The molecule has 34 heavy (non-hydrogen) atoms. The van der Waals surface area contributed by atoms with Gasteiger partial charge in [0.1, 0.15) is 17.2 Å². The van der Waals surface area contributed by atoms with Crippen molar-refractivity contribution in [2.75, 3.05) is 21.3 Å². The summed E-state index contributed by atoms with van der Waals surface area (Å²) in [6.07, 6.45) is 1.58. The Morgan fingerprint density at radius 3 is 2.24 bits per heavy atom. The number of ether oxygens (including phenoxy) is 5. The SMILES string of the molecule is COc1cc(OC)c(OC)cc1/C=C1\Oc2c(ccc(OC(=O)c3cccc(C)c3)c2C)C1=O. The molecule has 0 saturated heterocycles. The maximum atomic E-state index is 13.0. The highest BCUT2D eigenvalue weighted by Gasteiger charge is 2.31. The van der Waals surface area contributed by atoms with Crippen molar-refractivity contribution in [2.24, 2.45) is 0 Å². The molecule has 7 nitrogen and oxygen atoms in total. The van der Waals surface area contributed by atoms with Gasteiger partial charge in [-0.3, -0.25) is 4.79 Å². The summed E-state index contributed by atoms with van der Waals surface area (Å²) in [7, 11) is 4.58. The molecule has 0 radical (unpaired) electrons. The number of Topliss-reactive ketones (excluding diaryl/α,β-unsaturated/α-hetero) is 1. The van der Waals surface area contributed by atoms with Crippen LogP contribution in [0.2, 0.25) is 0 Å². The molecule has 0 aliphatic carbocycles. The van der Waals surface area contributed by atoms with E-state index in [9.17, 15) is 9.59 Å². The van der Waals surface area contributed by atoms with Crippen LogP contribution in [0.5, 0.6) is 28.7 Å². The van der Waals surface area contributed by atoms with Gasteiger partial charge in [-0.25, -0.2) is 4.79 Å². The lowest BCUT2D eigenvalue weighted by atomic mass is 10.1. The van der Waals surface area contributed by atoms with Crippen molar-refractivity contribution in [1.29, 1.82) is 0 Å². The first-order valence-corrected chi connectivity index (χ1v) is 10.5. The van der Waals surface area contributed by atoms with E-state index < -0.39 is 5.97 Å². The van der Waals surface area contributed by atoms with Gasteiger partial charge in [0, 0.05) is 17.2 Å². The highest BCUT2D eigenvalue weighted by Crippen LogP contribution is 2.41. The number of hydrogen-bond donors (Lipinski definition) is 0. The van der Waals surface area contributed by atoms with Gasteiger partial charge in [0.15, 0.2) is 17.3 Å². The third-order valence-corrected chi connectivity index (χ3v) is 5.52. The molecule has 1 heterocycles. The Morgan fingerprint density at radius 1 is 0.853 bits per heavy atom. The molecule has 0 unspecified atom stereocenters. The number of ketones is 1. The van der Waals surface area contributed by atoms with E-state index >= 15 is 0 Å². The summed E-state index contributed by atoms with van der Waals surface area (Å²) in [6.45, 7) is 3.64. The minimum absolute atomic E-state index is 0.116. The molecule has 1 aliphatic heterocycles. The topological polar surface area (TPSA) is 80.3 Å². The van der Waals surface area contributed by atoms with Crippen LogP contribution in [0.25, 0.3) is 6.08 Å². The summed E-state index contributed by atoms with van der Waals surface area (Å²) < 4.78 is 27.6. The molecule has 0 saturated carbocycles. The molecule has 174 valence electrons. The fraction of sp³-hybridized carbons (Fsp3) is 0.185. The average Bonchev–Trinajstić information content (AvgIpc) is 3.16. The van der Waals surface area contributed by atoms with Gasteiger partial charge in [-0.15, -0.1) is 0 Å². The van der Waals surface area contributed by atoms with Crippen molar-refractivity contribution in [1.82, 2.24) is 0 Å². The Morgan fingerprint density at radius 2 is 1.56 bits per heavy atom. The van der Waals surface area contributed by atoms with Crippen LogP contribution in [0.1, 0.15) is 37.4 Å². The van der Waals surface area contributed by atoms with Crippen molar-refractivity contribution in [3.05, 3.63) is 82.1 Å². The molecule has 0 atom stereocenters. The van der Waals surface area contributed by atoms with Crippen molar-refractivity contribution < 1.29 is 33.3 Å². The largest absolute Gasteiger partial charge is 0.496 e. The van der Waals surface area contributed by atoms with Gasteiger partial charge in [0.2, 0.25) is 5.78 Å². The second-order valence-corrected chi connectivity index (χ2v) is 7.71. The van der Waals surface area contributed by atoms with E-state index in [1.54, 1.807) is 55.5 Å². The van der Waals surface area contributed by atoms with Gasteiger partial charge in [-0.05, 0) is 50.3 Å². The number of rotatable bonds is 6. The molecule has 0 fully saturated rings. The third-order valence-electron chi connectivity index (χ3n) is 5.52. The molecule has 0 amide bonds. The Balaban J connectivity index is 1.65. The minimum Gasteiger partial charge on any atom is -0.496 e. The maximum absolute atomic E-state index is 13.0. The maximum Gasteiger partial charge on any atom is 0.343 e. The second kappa shape index (κ2) is 9.31. The predicted octanol–water partition coefficient (Wildman–Crippen LogP) is 5.16. The van der Waals surface area contributed by atoms with E-state index in [1.165, 1.54) is 21.3 Å². The van der Waals surface area contributed by atoms with Crippen LogP contribution in [-0.2, 0) is 0 Å². The first kappa shape index (κ1) is 22.9. The molecular weight excluding hydrogens is 436 g/mol. The Labute approximate surface area is 197 Å². The summed E-state index contributed by atoms with van der Waals surface area (Å²) in [6, 6.07) is 13.7. The number of esters is 1. The van der Waals surface area contributed by atoms with Crippen LogP contribution < -0.4 is 23.7 Å². The van der Waals surface area contributed by atoms with E-state index in [0.29, 0.717) is 51.0 Å². The molecule has 0 N–H and O–H groups in total. The highest BCUT2D eigenvalue weighted by molar-refractivity contribution is 6.15. The van der Waals surface area contributed by atoms with Crippen LogP contribution in [0.4, 0.5) is 0 Å². The first-order valence-electron chi connectivity index (χ1n) is 10.5. The van der Waals surface area contributed by atoms with Gasteiger partial charge in [-0.1, -0.05) is 17.7 Å². The summed E-state index contributed by atoms with van der Waals surface area (Å²) in [5, 5.41) is 0. The monoisotopic (exact) mass is 460 g/mol. The molecule has 3 aromatic carbocycles. The molecule has 3 aromatic rings. The van der Waals surface area contributed by atoms with E-state index in [4.69, 9.17) is 23.7 Å². The fourth-order valence-electron chi connectivity index (χ4n) is 3.72. The lowest BCUT2D eigenvalue weighted by Crippen LogP contribution is -2.09. The molecule has 0 bridgehead atoms. The summed E-state index contributed by atoms with van der Waals surface area (Å²) in [4.78, 5) is 25.6. The fourth-order valence-corrected chi connectivity index (χ4v) is 3.72. The van der Waals surface area contributed by atoms with Crippen LogP contribution >= 0.6 is 0 Å². The number of carbonyl (C=O) groups is 2. The summed E-state index contributed by atoms with van der Waals surface area (Å²) >= 11 is 0. The number of aryl methyl sites for hydroxylation is 1. The normalized spacial score (nSPS) is 13.3. The second-order valence-electron chi connectivity index (χ2n) is 7.71. The van der Waals surface area contributed by atoms with Crippen molar-refractivity contribution >= 4 is 17.8 Å². The Hall–Kier alpha value is -4.26. The third kappa shape index (κ3) is 4.20. The van der Waals surface area contributed by atoms with Crippen LogP contribution in [0.3, 0.4) is 0 Å². The zero-order chi connectivity index (χ0) is 24.4. The van der Waals surface area contributed by atoms with Crippen LogP contribution in [0, 0.1) is 13.8 Å². The Kier molecular flexibility index (Phi) is 6.27. The number of fused-ring (bicyclic) bond motifs is 1. The highest BCUT2D eigenvalue weighted by atomic mass is 16.5. The van der Waals surface area contributed by atoms with Crippen LogP contribution in [0.15, 0.2) is 54.3 Å². The lowest BCUT2D eigenvalue weighted by Gasteiger charge is -2.12. The van der Waals surface area contributed by atoms with Crippen molar-refractivity contribution in [2.45, 2.75) is 13.8 Å². The van der Waals surface area contributed by atoms with Crippen LogP contribution in [-0.4, -0.2) is 33.1 Å². The lowest BCUT2D eigenvalue weighted by molar-refractivity contribution is 0.0733. The quantitative estimate of drug-likeness (QED) is 0.285. The van der Waals surface area contributed by atoms with Gasteiger partial charge >= 0.3 is 5.97 Å². The van der Waals surface area contributed by atoms with Gasteiger partial charge in [0.05, 0.1) is 32.5 Å². The average molecular weight is 460 g/mol. The molecule has 7 heteroatoms. The number of carbonyl (C=O) groups excluding carboxylic acids is 2. The molecule has 0 spiro atoms. The number of benzene rings is 3. The van der Waals surface area contributed by atoms with Crippen molar-refractivity contribution in [3.8, 4) is 28.7 Å². The number of methoxy groups -OCH3 is 3. The van der Waals surface area contributed by atoms with E-state index in [-0.39, 0.29) is 11.5 Å². The van der Waals surface area contributed by atoms with Gasteiger partial charge in [0.25, 0.3) is 0 Å². The summed E-state index contributed by atoms with van der Waals surface area (Å²) in [5.74, 6) is 1.49. The van der Waals surface area contributed by atoms with Gasteiger partial charge < -0.3 is 23.7 Å². The molecular formula is C27H24O7. The van der Waals surface area contributed by atoms with Gasteiger partial charge in [-0.2, -0.15) is 0 Å². The molecule has 1 aliphatic rings. The number of hydrogen-bond acceptors (Lipinski definition) is 7. The molecule has 0 aromatic heterocycles. The van der Waals surface area contributed by atoms with E-state index in [0.717, 1.165) is 5.56 Å². The molecule has 4 rings (SSSR count). The Bertz CT molecular complexity index is 1320. The standard InChI is InChI=1S/C27H24O7/c1-15-7-6-8-17(11-15)27(29)34-20-10-9-19-25(28)24(33-26(19)16(20)2)13-18-12-22(31-4)23(32-5)14-21(18)30-3/h6-14H,1-5H3/b24-13-.